The van der Waals surface area contributed by atoms with E-state index in [1.165, 1.54) is 6.07 Å². The number of fused-ring (bicyclic) bond motifs is 2. The number of sulfonamides is 1. The first-order valence-corrected chi connectivity index (χ1v) is 9.24. The summed E-state index contributed by atoms with van der Waals surface area (Å²) in [7, 11) is -2.10. The third kappa shape index (κ3) is 2.31. The van der Waals surface area contributed by atoms with Gasteiger partial charge in [0.15, 0.2) is 0 Å². The first kappa shape index (κ1) is 15.7. The summed E-state index contributed by atoms with van der Waals surface area (Å²) in [6.07, 6.45) is 2.02. The maximum Gasteiger partial charge on any atom is 0.327 e. The molecule has 3 aromatic rings. The first-order valence-electron chi connectivity index (χ1n) is 7.80. The van der Waals surface area contributed by atoms with Gasteiger partial charge in [-0.25, -0.2) is 13.2 Å². The van der Waals surface area contributed by atoms with Crippen molar-refractivity contribution in [3.63, 3.8) is 0 Å². The lowest BCUT2D eigenvalue weighted by Crippen LogP contribution is -2.42. The molecular formula is C18H16N2O4S. The molecule has 1 atom stereocenters. The molecule has 128 valence electrons. The normalized spacial score (nSPS) is 17.0. The molecule has 0 amide bonds. The Bertz CT molecular complexity index is 1100. The number of benzene rings is 2. The largest absolute Gasteiger partial charge is 0.480 e. The fraction of sp³-hybridized carbons (Fsp3) is 0.167. The van der Waals surface area contributed by atoms with Gasteiger partial charge in [-0.15, -0.1) is 0 Å². The molecule has 0 spiro atoms. The van der Waals surface area contributed by atoms with E-state index >= 15 is 0 Å². The number of carboxylic acid groups (broad SMARTS) is 1. The smallest absolute Gasteiger partial charge is 0.327 e. The van der Waals surface area contributed by atoms with E-state index in [1.807, 2.05) is 23.9 Å². The van der Waals surface area contributed by atoms with E-state index in [4.69, 9.17) is 0 Å². The monoisotopic (exact) mass is 356 g/mol. The molecule has 0 bridgehead atoms. The summed E-state index contributed by atoms with van der Waals surface area (Å²) < 4.78 is 29.4. The van der Waals surface area contributed by atoms with Crippen LogP contribution in [0.25, 0.3) is 10.9 Å². The van der Waals surface area contributed by atoms with Crippen molar-refractivity contribution < 1.29 is 18.3 Å². The van der Waals surface area contributed by atoms with Gasteiger partial charge in [-0.05, 0) is 35.9 Å². The van der Waals surface area contributed by atoms with Gasteiger partial charge in [0.25, 0.3) is 10.0 Å². The zero-order valence-corrected chi connectivity index (χ0v) is 14.3. The maximum atomic E-state index is 13.2. The Balaban J connectivity index is 1.88. The van der Waals surface area contributed by atoms with Crippen LogP contribution in [0.15, 0.2) is 59.6 Å². The van der Waals surface area contributed by atoms with Gasteiger partial charge in [0.05, 0.1) is 10.6 Å². The van der Waals surface area contributed by atoms with E-state index < -0.39 is 22.0 Å². The molecule has 25 heavy (non-hydrogen) atoms. The average Bonchev–Trinajstić information content (AvgIpc) is 3.16. The van der Waals surface area contributed by atoms with Gasteiger partial charge in [-0.1, -0.05) is 18.2 Å². The molecule has 0 saturated heterocycles. The number of carbonyl (C=O) groups is 1. The third-order valence-corrected chi connectivity index (χ3v) is 6.44. The number of rotatable bonds is 3. The van der Waals surface area contributed by atoms with Crippen molar-refractivity contribution in [2.24, 2.45) is 7.05 Å². The molecule has 0 fully saturated rings. The summed E-state index contributed by atoms with van der Waals surface area (Å²) in [5.74, 6) is -1.15. The molecule has 0 aliphatic carbocycles. The fourth-order valence-electron chi connectivity index (χ4n) is 3.38. The van der Waals surface area contributed by atoms with Crippen LogP contribution in [0.5, 0.6) is 0 Å². The number of anilines is 1. The van der Waals surface area contributed by atoms with Crippen LogP contribution in [-0.4, -0.2) is 30.1 Å². The molecule has 4 rings (SSSR count). The minimum Gasteiger partial charge on any atom is -0.480 e. The van der Waals surface area contributed by atoms with Crippen LogP contribution in [0.4, 0.5) is 5.69 Å². The Morgan fingerprint density at radius 3 is 2.68 bits per heavy atom. The average molecular weight is 356 g/mol. The zero-order chi connectivity index (χ0) is 17.8. The highest BCUT2D eigenvalue weighted by atomic mass is 32.2. The number of carboxylic acids is 1. The predicted octanol–water partition coefficient (Wildman–Crippen LogP) is 2.38. The van der Waals surface area contributed by atoms with Crippen molar-refractivity contribution >= 4 is 32.6 Å². The lowest BCUT2D eigenvalue weighted by molar-refractivity contribution is -0.138. The van der Waals surface area contributed by atoms with Crippen LogP contribution in [0.2, 0.25) is 0 Å². The van der Waals surface area contributed by atoms with Gasteiger partial charge in [-0.2, -0.15) is 0 Å². The number of hydrogen-bond acceptors (Lipinski definition) is 3. The minimum absolute atomic E-state index is 0.0918. The molecule has 2 aromatic carbocycles. The van der Waals surface area contributed by atoms with Gasteiger partial charge < -0.3 is 9.67 Å². The SMILES string of the molecule is Cn1ccc2cc(S(=O)(=O)N3c4ccccc4CC3C(=O)O)ccc21. The summed E-state index contributed by atoms with van der Waals surface area (Å²) in [5, 5.41) is 10.3. The molecule has 1 aromatic heterocycles. The Hall–Kier alpha value is -2.80. The highest BCUT2D eigenvalue weighted by Crippen LogP contribution is 2.37. The van der Waals surface area contributed by atoms with Crippen LogP contribution in [0, 0.1) is 0 Å². The van der Waals surface area contributed by atoms with E-state index in [2.05, 4.69) is 0 Å². The number of aliphatic carboxylic acids is 1. The van der Waals surface area contributed by atoms with Crippen molar-refractivity contribution in [2.75, 3.05) is 4.31 Å². The number of aromatic nitrogens is 1. The van der Waals surface area contributed by atoms with Crippen LogP contribution in [0.3, 0.4) is 0 Å². The Morgan fingerprint density at radius 2 is 1.92 bits per heavy atom. The summed E-state index contributed by atoms with van der Waals surface area (Å²) in [6, 6.07) is 12.5. The van der Waals surface area contributed by atoms with Crippen molar-refractivity contribution in [1.82, 2.24) is 4.57 Å². The Labute approximate surface area is 145 Å². The summed E-state index contributed by atoms with van der Waals surface area (Å²) in [5.41, 5.74) is 2.07. The minimum atomic E-state index is -3.99. The Kier molecular flexibility index (Phi) is 3.36. The van der Waals surface area contributed by atoms with Gasteiger partial charge >= 0.3 is 5.97 Å². The highest BCUT2D eigenvalue weighted by Gasteiger charge is 2.42. The highest BCUT2D eigenvalue weighted by molar-refractivity contribution is 7.93. The van der Waals surface area contributed by atoms with Crippen LogP contribution in [-0.2, 0) is 28.3 Å². The molecular weight excluding hydrogens is 340 g/mol. The standard InChI is InChI=1S/C18H16N2O4S/c1-19-9-8-13-10-14(6-7-15(13)19)25(23,24)20-16-5-3-2-4-12(16)11-17(20)18(21)22/h2-10,17H,11H2,1H3,(H,21,22). The van der Waals surface area contributed by atoms with E-state index in [1.54, 1.807) is 36.4 Å². The van der Waals surface area contributed by atoms with Crippen molar-refractivity contribution in [3.8, 4) is 0 Å². The lowest BCUT2D eigenvalue weighted by atomic mass is 10.1. The van der Waals surface area contributed by atoms with Gasteiger partial charge in [-0.3, -0.25) is 4.31 Å². The third-order valence-electron chi connectivity index (χ3n) is 4.62. The molecule has 1 N–H and O–H groups in total. The van der Waals surface area contributed by atoms with Gasteiger partial charge in [0.2, 0.25) is 0 Å². The molecule has 1 aliphatic rings. The maximum absolute atomic E-state index is 13.2. The van der Waals surface area contributed by atoms with E-state index in [-0.39, 0.29) is 11.3 Å². The van der Waals surface area contributed by atoms with Crippen LogP contribution < -0.4 is 4.31 Å². The topological polar surface area (TPSA) is 79.6 Å². The first-order chi connectivity index (χ1) is 11.9. The van der Waals surface area contributed by atoms with Gasteiger partial charge in [0, 0.05) is 30.6 Å². The van der Waals surface area contributed by atoms with E-state index in [9.17, 15) is 18.3 Å². The van der Waals surface area contributed by atoms with Crippen molar-refractivity contribution in [3.05, 3.63) is 60.3 Å². The number of para-hydroxylation sites is 1. The second-order valence-corrected chi connectivity index (χ2v) is 7.95. The molecule has 2 heterocycles. The second kappa shape index (κ2) is 5.35. The zero-order valence-electron chi connectivity index (χ0n) is 13.5. The van der Waals surface area contributed by atoms with E-state index in [0.29, 0.717) is 5.69 Å². The molecule has 0 saturated carbocycles. The fourth-order valence-corrected chi connectivity index (χ4v) is 5.06. The van der Waals surface area contributed by atoms with Crippen molar-refractivity contribution in [2.45, 2.75) is 17.4 Å². The Morgan fingerprint density at radius 1 is 1.16 bits per heavy atom. The van der Waals surface area contributed by atoms with E-state index in [0.717, 1.165) is 20.8 Å². The lowest BCUT2D eigenvalue weighted by Gasteiger charge is -2.24. The summed E-state index contributed by atoms with van der Waals surface area (Å²) >= 11 is 0. The molecule has 7 heteroatoms. The van der Waals surface area contributed by atoms with Crippen LogP contribution in [0.1, 0.15) is 5.56 Å². The van der Waals surface area contributed by atoms with Crippen molar-refractivity contribution in [1.29, 1.82) is 0 Å². The molecule has 6 nitrogen and oxygen atoms in total. The number of aryl methyl sites for hydroxylation is 1. The summed E-state index contributed by atoms with van der Waals surface area (Å²) in [6.45, 7) is 0. The molecule has 1 unspecified atom stereocenters. The van der Waals surface area contributed by atoms with Gasteiger partial charge in [0.1, 0.15) is 6.04 Å². The second-order valence-electron chi connectivity index (χ2n) is 6.13. The molecule has 1 aliphatic heterocycles. The van der Waals surface area contributed by atoms with Crippen LogP contribution >= 0.6 is 0 Å². The quantitative estimate of drug-likeness (QED) is 0.781. The number of nitrogens with zero attached hydrogens (tertiary/aromatic N) is 2. The summed E-state index contributed by atoms with van der Waals surface area (Å²) in [4.78, 5) is 11.8. The molecule has 0 radical (unpaired) electrons. The predicted molar refractivity (Wildman–Crippen MR) is 94.2 cm³/mol. The number of hydrogen-bond donors (Lipinski definition) is 1.